The van der Waals surface area contributed by atoms with Gasteiger partial charge in [0, 0.05) is 75.6 Å². The number of amides is 4. The summed E-state index contributed by atoms with van der Waals surface area (Å²) in [4.78, 5) is 62.9. The molecule has 11 heteroatoms. The first-order valence-corrected chi connectivity index (χ1v) is 16.9. The van der Waals surface area contributed by atoms with E-state index in [2.05, 4.69) is 28.5 Å². The van der Waals surface area contributed by atoms with Crippen LogP contribution < -0.4 is 14.8 Å². The molecular weight excluding hydrogens is 610 g/mol. The first kappa shape index (κ1) is 34.8. The highest BCUT2D eigenvalue weighted by Crippen LogP contribution is 2.50. The molecule has 0 spiro atoms. The summed E-state index contributed by atoms with van der Waals surface area (Å²) in [5, 5.41) is 4.03. The van der Waals surface area contributed by atoms with Crippen molar-refractivity contribution in [3.05, 3.63) is 58.8 Å². The third kappa shape index (κ3) is 6.47. The molecule has 2 aliphatic rings. The Bertz CT molecular complexity index is 1690. The molecule has 0 radical (unpaired) electrons. The number of H-pyrrole nitrogens is 1. The van der Waals surface area contributed by atoms with Gasteiger partial charge in [-0.2, -0.15) is 0 Å². The number of carbonyl (C=O) groups is 4. The molecule has 2 N–H and O–H groups in total. The quantitative estimate of drug-likeness (QED) is 0.303. The van der Waals surface area contributed by atoms with Gasteiger partial charge >= 0.3 is 0 Å². The lowest BCUT2D eigenvalue weighted by Gasteiger charge is -2.54. The maximum Gasteiger partial charge on any atom is 0.228 e. The van der Waals surface area contributed by atoms with Gasteiger partial charge in [-0.15, -0.1) is 0 Å². The Balaban J connectivity index is 1.42. The summed E-state index contributed by atoms with van der Waals surface area (Å²) >= 11 is 0. The normalized spacial score (nSPS) is 20.1. The van der Waals surface area contributed by atoms with Crippen molar-refractivity contribution >= 4 is 34.5 Å². The van der Waals surface area contributed by atoms with E-state index in [4.69, 9.17) is 9.47 Å². The second-order valence-corrected chi connectivity index (χ2v) is 13.2. The first-order chi connectivity index (χ1) is 23.0. The van der Waals surface area contributed by atoms with Crippen molar-refractivity contribution in [1.82, 2.24) is 25.0 Å². The van der Waals surface area contributed by atoms with Gasteiger partial charge in [0.1, 0.15) is 0 Å². The smallest absolute Gasteiger partial charge is 0.228 e. The number of piperidine rings is 1. The average Bonchev–Trinajstić information content (AvgIpc) is 3.46. The predicted molar refractivity (Wildman–Crippen MR) is 184 cm³/mol. The number of fused-ring (bicyclic) bond motifs is 5. The van der Waals surface area contributed by atoms with Gasteiger partial charge in [0.05, 0.1) is 25.7 Å². The SMILES string of the molecule is CCN(CC)C(=O)[C@H]1C[C@H](CC(=O)NCc2ccc(OC)c(OC)c2)C(=O)N2CCc3c([nH]c4cc(CCC(=O)N(C)C)ccc34)[C@]12C. The first-order valence-electron chi connectivity index (χ1n) is 16.9. The van der Waals surface area contributed by atoms with E-state index in [0.29, 0.717) is 50.4 Å². The number of benzene rings is 2. The predicted octanol–water partition coefficient (Wildman–Crippen LogP) is 4.02. The van der Waals surface area contributed by atoms with Crippen molar-refractivity contribution in [1.29, 1.82) is 0 Å². The molecule has 3 heterocycles. The van der Waals surface area contributed by atoms with E-state index in [-0.39, 0.29) is 43.0 Å². The van der Waals surface area contributed by atoms with Crippen LogP contribution in [0.2, 0.25) is 0 Å². The molecule has 1 saturated heterocycles. The molecule has 0 saturated carbocycles. The number of hydrogen-bond donors (Lipinski definition) is 2. The summed E-state index contributed by atoms with van der Waals surface area (Å²) in [5.74, 6) is -0.275. The molecule has 0 aliphatic carbocycles. The maximum absolute atomic E-state index is 14.3. The third-order valence-electron chi connectivity index (χ3n) is 10.3. The zero-order valence-corrected chi connectivity index (χ0v) is 29.3. The van der Waals surface area contributed by atoms with Crippen LogP contribution in [0.25, 0.3) is 10.9 Å². The van der Waals surface area contributed by atoms with Crippen LogP contribution in [0.1, 0.15) is 62.4 Å². The molecule has 1 aromatic heterocycles. The van der Waals surface area contributed by atoms with Crippen molar-refractivity contribution in [2.45, 2.75) is 65.0 Å². The summed E-state index contributed by atoms with van der Waals surface area (Å²) in [6.07, 6.45) is 1.95. The summed E-state index contributed by atoms with van der Waals surface area (Å²) in [7, 11) is 6.65. The topological polar surface area (TPSA) is 124 Å². The number of aromatic nitrogens is 1. The maximum atomic E-state index is 14.3. The molecule has 4 amide bonds. The molecule has 0 unspecified atom stereocenters. The van der Waals surface area contributed by atoms with E-state index >= 15 is 0 Å². The highest BCUT2D eigenvalue weighted by molar-refractivity contribution is 5.93. The van der Waals surface area contributed by atoms with Crippen LogP contribution >= 0.6 is 0 Å². The molecule has 2 aromatic carbocycles. The molecule has 48 heavy (non-hydrogen) atoms. The Morgan fingerprint density at radius 3 is 2.40 bits per heavy atom. The van der Waals surface area contributed by atoms with Crippen LogP contribution in [-0.4, -0.2) is 91.3 Å². The zero-order valence-electron chi connectivity index (χ0n) is 29.3. The van der Waals surface area contributed by atoms with Crippen molar-refractivity contribution in [3.63, 3.8) is 0 Å². The molecule has 1 fully saturated rings. The Labute approximate surface area is 282 Å². The van der Waals surface area contributed by atoms with Crippen molar-refractivity contribution in [2.75, 3.05) is 47.9 Å². The van der Waals surface area contributed by atoms with Crippen molar-refractivity contribution in [2.24, 2.45) is 11.8 Å². The molecule has 2 aliphatic heterocycles. The van der Waals surface area contributed by atoms with Crippen molar-refractivity contribution in [3.8, 4) is 11.5 Å². The van der Waals surface area contributed by atoms with E-state index < -0.39 is 17.4 Å². The van der Waals surface area contributed by atoms with Crippen LogP contribution in [0.5, 0.6) is 11.5 Å². The number of aromatic amines is 1. The van der Waals surface area contributed by atoms with E-state index in [0.717, 1.165) is 33.3 Å². The van der Waals surface area contributed by atoms with E-state index in [1.54, 1.807) is 39.3 Å². The van der Waals surface area contributed by atoms with Gasteiger partial charge in [0.2, 0.25) is 23.6 Å². The van der Waals surface area contributed by atoms with Gasteiger partial charge in [-0.1, -0.05) is 18.2 Å². The molecule has 5 rings (SSSR count). The molecule has 0 bridgehead atoms. The van der Waals surface area contributed by atoms with Gasteiger partial charge in [-0.3, -0.25) is 19.2 Å². The fraction of sp³-hybridized carbons (Fsp3) is 0.514. The van der Waals surface area contributed by atoms with E-state index in [1.165, 1.54) is 0 Å². The summed E-state index contributed by atoms with van der Waals surface area (Å²) in [6, 6.07) is 11.7. The molecular formula is C37H49N5O6. The largest absolute Gasteiger partial charge is 0.493 e. The van der Waals surface area contributed by atoms with Gasteiger partial charge < -0.3 is 34.5 Å². The Morgan fingerprint density at radius 2 is 1.73 bits per heavy atom. The molecule has 3 aromatic rings. The Kier molecular flexibility index (Phi) is 10.4. The van der Waals surface area contributed by atoms with Gasteiger partial charge in [0.15, 0.2) is 11.5 Å². The molecule has 3 atom stereocenters. The lowest BCUT2D eigenvalue weighted by Crippen LogP contribution is -2.64. The fourth-order valence-electron chi connectivity index (χ4n) is 7.51. The van der Waals surface area contributed by atoms with Gasteiger partial charge in [-0.25, -0.2) is 0 Å². The lowest BCUT2D eigenvalue weighted by molar-refractivity contribution is -0.164. The number of nitrogens with one attached hydrogen (secondary N) is 2. The minimum Gasteiger partial charge on any atom is -0.493 e. The average molecular weight is 660 g/mol. The second kappa shape index (κ2) is 14.3. The number of rotatable bonds is 12. The summed E-state index contributed by atoms with van der Waals surface area (Å²) in [5.41, 5.74) is 3.94. The van der Waals surface area contributed by atoms with Crippen LogP contribution in [0.3, 0.4) is 0 Å². The molecule has 11 nitrogen and oxygen atoms in total. The number of methoxy groups -OCH3 is 2. The van der Waals surface area contributed by atoms with Crippen LogP contribution in [-0.2, 0) is 44.1 Å². The highest BCUT2D eigenvalue weighted by atomic mass is 16.5. The number of aryl methyl sites for hydroxylation is 1. The van der Waals surface area contributed by atoms with E-state index in [1.807, 2.05) is 42.7 Å². The standard InChI is InChI=1S/C37H49N5O6/c1-8-41(9-2)36(46)28-20-25(21-32(43)38-22-24-11-14-30(47-6)31(19-24)48-7)35(45)42-17-16-27-26-13-10-23(12-15-33(44)40(4)5)18-29(26)39-34(27)37(28,42)3/h10-11,13-14,18-19,25,28,39H,8-9,12,15-17,20-22H2,1-7H3,(H,38,43)/t25-,28-,37+/m1/s1. The second-order valence-electron chi connectivity index (χ2n) is 13.2. The lowest BCUT2D eigenvalue weighted by atomic mass is 9.67. The number of hydrogen-bond acceptors (Lipinski definition) is 6. The fourth-order valence-corrected chi connectivity index (χ4v) is 7.51. The Hall–Kier alpha value is -4.54. The monoisotopic (exact) mass is 659 g/mol. The zero-order chi connectivity index (χ0) is 34.7. The summed E-state index contributed by atoms with van der Waals surface area (Å²) in [6.45, 7) is 7.78. The number of carbonyl (C=O) groups excluding carboxylic acids is 4. The van der Waals surface area contributed by atoms with Crippen LogP contribution in [0, 0.1) is 11.8 Å². The van der Waals surface area contributed by atoms with Crippen molar-refractivity contribution < 1.29 is 28.7 Å². The van der Waals surface area contributed by atoms with E-state index in [9.17, 15) is 19.2 Å². The Morgan fingerprint density at radius 1 is 1.02 bits per heavy atom. The highest BCUT2D eigenvalue weighted by Gasteiger charge is 2.57. The molecule has 258 valence electrons. The third-order valence-corrected chi connectivity index (χ3v) is 10.3. The minimum absolute atomic E-state index is 0.00464. The van der Waals surface area contributed by atoms with Gasteiger partial charge in [-0.05, 0) is 74.9 Å². The number of ether oxygens (including phenoxy) is 2. The van der Waals surface area contributed by atoms with Gasteiger partial charge in [0.25, 0.3) is 0 Å². The summed E-state index contributed by atoms with van der Waals surface area (Å²) < 4.78 is 10.7. The number of nitrogens with zero attached hydrogens (tertiary/aromatic N) is 3. The van der Waals surface area contributed by atoms with Crippen LogP contribution in [0.15, 0.2) is 36.4 Å². The minimum atomic E-state index is -0.906. The van der Waals surface area contributed by atoms with Crippen LogP contribution in [0.4, 0.5) is 0 Å².